The van der Waals surface area contributed by atoms with Crippen LogP contribution in [0, 0.1) is 12.7 Å². The van der Waals surface area contributed by atoms with Gasteiger partial charge in [0.25, 0.3) is 0 Å². The summed E-state index contributed by atoms with van der Waals surface area (Å²) in [7, 11) is -0.471. The average Bonchev–Trinajstić information content (AvgIpc) is 2.65. The maximum absolute atomic E-state index is 13.6. The molecule has 0 bridgehead atoms. The van der Waals surface area contributed by atoms with Crippen molar-refractivity contribution >= 4 is 40.0 Å². The second-order valence-corrected chi connectivity index (χ2v) is 7.60. The topological polar surface area (TPSA) is 82.6 Å². The van der Waals surface area contributed by atoms with Crippen LogP contribution in [0.1, 0.15) is 16.7 Å². The summed E-state index contributed by atoms with van der Waals surface area (Å²) in [6, 6.07) is 11.7. The lowest BCUT2D eigenvalue weighted by Crippen LogP contribution is -2.36. The number of guanidine groups is 1. The van der Waals surface area contributed by atoms with Gasteiger partial charge in [0.15, 0.2) is 5.96 Å². The summed E-state index contributed by atoms with van der Waals surface area (Å²) < 4.78 is 39.6. The van der Waals surface area contributed by atoms with Crippen molar-refractivity contribution in [2.75, 3.05) is 14.1 Å². The molecule has 2 aromatic carbocycles. The highest BCUT2D eigenvalue weighted by atomic mass is 127. The quantitative estimate of drug-likeness (QED) is 0.320. The van der Waals surface area contributed by atoms with Crippen LogP contribution in [-0.4, -0.2) is 28.5 Å². The van der Waals surface area contributed by atoms with Gasteiger partial charge in [-0.2, -0.15) is 0 Å². The number of nitrogens with one attached hydrogen (secondary N) is 3. The first-order valence-electron chi connectivity index (χ1n) is 8.07. The van der Waals surface area contributed by atoms with Crippen molar-refractivity contribution < 1.29 is 12.8 Å². The summed E-state index contributed by atoms with van der Waals surface area (Å²) in [6.07, 6.45) is 0. The van der Waals surface area contributed by atoms with Crippen molar-refractivity contribution in [3.63, 3.8) is 0 Å². The number of rotatable bonds is 6. The second-order valence-electron chi connectivity index (χ2n) is 5.72. The number of hydrogen-bond donors (Lipinski definition) is 3. The molecule has 2 aromatic rings. The molecular weight excluding hydrogens is 482 g/mol. The van der Waals surface area contributed by atoms with Crippen LogP contribution in [0.4, 0.5) is 4.39 Å². The first-order valence-corrected chi connectivity index (χ1v) is 9.56. The molecule has 148 valence electrons. The lowest BCUT2D eigenvalue weighted by Gasteiger charge is -2.13. The molecule has 0 aliphatic heterocycles. The molecule has 0 heterocycles. The van der Waals surface area contributed by atoms with E-state index in [1.165, 1.54) is 19.2 Å². The monoisotopic (exact) mass is 506 g/mol. The van der Waals surface area contributed by atoms with E-state index < -0.39 is 10.0 Å². The summed E-state index contributed by atoms with van der Waals surface area (Å²) in [6.45, 7) is 2.54. The van der Waals surface area contributed by atoms with E-state index >= 15 is 0 Å². The zero-order valence-electron chi connectivity index (χ0n) is 15.4. The predicted molar refractivity (Wildman–Crippen MR) is 116 cm³/mol. The highest BCUT2D eigenvalue weighted by molar-refractivity contribution is 14.0. The maximum Gasteiger partial charge on any atom is 0.240 e. The summed E-state index contributed by atoms with van der Waals surface area (Å²) >= 11 is 0. The average molecular weight is 506 g/mol. The van der Waals surface area contributed by atoms with Gasteiger partial charge in [-0.1, -0.05) is 24.3 Å². The van der Waals surface area contributed by atoms with Gasteiger partial charge in [0.2, 0.25) is 10.0 Å². The second kappa shape index (κ2) is 10.6. The van der Waals surface area contributed by atoms with Crippen molar-refractivity contribution in [1.29, 1.82) is 0 Å². The molecule has 0 amide bonds. The summed E-state index contributed by atoms with van der Waals surface area (Å²) in [5, 5.41) is 6.21. The van der Waals surface area contributed by atoms with Gasteiger partial charge in [-0.15, -0.1) is 24.0 Å². The van der Waals surface area contributed by atoms with Gasteiger partial charge in [0, 0.05) is 20.1 Å². The summed E-state index contributed by atoms with van der Waals surface area (Å²) in [4.78, 5) is 4.32. The van der Waals surface area contributed by atoms with Gasteiger partial charge in [-0.25, -0.2) is 17.5 Å². The lowest BCUT2D eigenvalue weighted by molar-refractivity contribution is 0.588. The van der Waals surface area contributed by atoms with Gasteiger partial charge in [-0.05, 0) is 48.9 Å². The van der Waals surface area contributed by atoms with Crippen molar-refractivity contribution in [3.8, 4) is 0 Å². The van der Waals surface area contributed by atoms with Crippen molar-refractivity contribution in [2.24, 2.45) is 4.99 Å². The zero-order valence-corrected chi connectivity index (χ0v) is 18.6. The van der Waals surface area contributed by atoms with Gasteiger partial charge in [0.1, 0.15) is 5.82 Å². The Morgan fingerprint density at radius 2 is 1.70 bits per heavy atom. The fourth-order valence-electron chi connectivity index (χ4n) is 2.28. The minimum atomic E-state index is -3.48. The number of nitrogens with zero attached hydrogens (tertiary/aromatic N) is 1. The normalized spacial score (nSPS) is 11.6. The number of aryl methyl sites for hydroxylation is 1. The molecule has 0 atom stereocenters. The van der Waals surface area contributed by atoms with Crippen LogP contribution in [-0.2, 0) is 23.1 Å². The standard InChI is InChI=1S/C18H23FN4O2S.HI/c1-13-7-8-15(10-17(13)19)12-23-18(20-2)22-11-14-5-4-6-16(9-14)26(24,25)21-3;/h4-10,21H,11-12H2,1-3H3,(H2,20,22,23);1H. The Morgan fingerprint density at radius 1 is 1.07 bits per heavy atom. The molecule has 3 N–H and O–H groups in total. The number of aliphatic imine (C=N–C) groups is 1. The highest BCUT2D eigenvalue weighted by Gasteiger charge is 2.11. The Morgan fingerprint density at radius 3 is 2.26 bits per heavy atom. The molecule has 6 nitrogen and oxygen atoms in total. The van der Waals surface area contributed by atoms with Crippen LogP contribution >= 0.6 is 24.0 Å². The fraction of sp³-hybridized carbons (Fsp3) is 0.278. The molecule has 0 aromatic heterocycles. The minimum absolute atomic E-state index is 0. The van der Waals surface area contributed by atoms with Gasteiger partial charge >= 0.3 is 0 Å². The minimum Gasteiger partial charge on any atom is -0.352 e. The van der Waals surface area contributed by atoms with Crippen LogP contribution in [0.5, 0.6) is 0 Å². The largest absolute Gasteiger partial charge is 0.352 e. The van der Waals surface area contributed by atoms with E-state index in [2.05, 4.69) is 20.3 Å². The molecule has 0 saturated carbocycles. The maximum atomic E-state index is 13.6. The van der Waals surface area contributed by atoms with E-state index in [0.717, 1.165) is 11.1 Å². The van der Waals surface area contributed by atoms with Crippen LogP contribution in [0.25, 0.3) is 0 Å². The SMILES string of the molecule is CN=C(NCc1cccc(S(=O)(=O)NC)c1)NCc1ccc(C)c(F)c1.I. The number of hydrogen-bond acceptors (Lipinski definition) is 3. The Kier molecular flexibility index (Phi) is 9.13. The molecule has 0 aliphatic rings. The first kappa shape index (κ1) is 23.3. The molecule has 9 heteroatoms. The summed E-state index contributed by atoms with van der Waals surface area (Å²) in [5.74, 6) is 0.294. The third-order valence-electron chi connectivity index (χ3n) is 3.86. The van der Waals surface area contributed by atoms with E-state index in [1.54, 1.807) is 32.2 Å². The van der Waals surface area contributed by atoms with E-state index in [9.17, 15) is 12.8 Å². The van der Waals surface area contributed by atoms with Crippen molar-refractivity contribution in [3.05, 3.63) is 65.0 Å². The third kappa shape index (κ3) is 6.74. The van der Waals surface area contributed by atoms with Crippen molar-refractivity contribution in [1.82, 2.24) is 15.4 Å². The number of halogens is 2. The molecule has 0 radical (unpaired) electrons. The molecule has 0 spiro atoms. The number of sulfonamides is 1. The van der Waals surface area contributed by atoms with E-state index in [0.29, 0.717) is 24.6 Å². The fourth-order valence-corrected chi connectivity index (χ4v) is 3.08. The molecule has 27 heavy (non-hydrogen) atoms. The molecule has 0 fully saturated rings. The molecule has 2 rings (SSSR count). The van der Waals surface area contributed by atoms with Crippen LogP contribution in [0.3, 0.4) is 0 Å². The van der Waals surface area contributed by atoms with Crippen LogP contribution < -0.4 is 15.4 Å². The third-order valence-corrected chi connectivity index (χ3v) is 5.27. The summed E-state index contributed by atoms with van der Waals surface area (Å²) in [5.41, 5.74) is 2.21. The van der Waals surface area contributed by atoms with Gasteiger partial charge < -0.3 is 10.6 Å². The van der Waals surface area contributed by atoms with E-state index in [4.69, 9.17) is 0 Å². The molecular formula is C18H24FIN4O2S. The van der Waals surface area contributed by atoms with Gasteiger partial charge in [0.05, 0.1) is 4.90 Å². The molecule has 0 saturated heterocycles. The Bertz CT molecular complexity index is 904. The Hall–Kier alpha value is -1.72. The van der Waals surface area contributed by atoms with Crippen molar-refractivity contribution in [2.45, 2.75) is 24.9 Å². The van der Waals surface area contributed by atoms with Gasteiger partial charge in [-0.3, -0.25) is 4.99 Å². The van der Waals surface area contributed by atoms with Crippen LogP contribution in [0.2, 0.25) is 0 Å². The highest BCUT2D eigenvalue weighted by Crippen LogP contribution is 2.11. The smallest absolute Gasteiger partial charge is 0.240 e. The number of benzene rings is 2. The molecule has 0 aliphatic carbocycles. The first-order chi connectivity index (χ1) is 12.4. The Labute approximate surface area is 176 Å². The van der Waals surface area contributed by atoms with Crippen LogP contribution in [0.15, 0.2) is 52.4 Å². The van der Waals surface area contributed by atoms with E-state index in [-0.39, 0.29) is 34.7 Å². The van der Waals surface area contributed by atoms with E-state index in [1.807, 2.05) is 12.1 Å². The Balaban J connectivity index is 0.00000364. The predicted octanol–water partition coefficient (Wildman–Crippen LogP) is 2.53. The lowest BCUT2D eigenvalue weighted by atomic mass is 10.1. The zero-order chi connectivity index (χ0) is 19.2. The molecule has 0 unspecified atom stereocenters.